The normalized spacial score (nSPS) is 11.8. The zero-order chi connectivity index (χ0) is 15.4. The Morgan fingerprint density at radius 2 is 2.14 bits per heavy atom. The van der Waals surface area contributed by atoms with Crippen LogP contribution in [0, 0.1) is 6.92 Å². The summed E-state index contributed by atoms with van der Waals surface area (Å²) in [4.78, 5) is 16.5. The third-order valence-electron chi connectivity index (χ3n) is 3.14. The van der Waals surface area contributed by atoms with Crippen LogP contribution in [0.25, 0.3) is 0 Å². The lowest BCUT2D eigenvalue weighted by Crippen LogP contribution is -2.28. The molecule has 0 spiro atoms. The molecule has 1 aromatic heterocycles. The number of nitrogens with one attached hydrogen (secondary N) is 2. The number of aryl methyl sites for hydroxylation is 1. The van der Waals surface area contributed by atoms with Crippen LogP contribution < -0.4 is 16.6 Å². The summed E-state index contributed by atoms with van der Waals surface area (Å²) >= 11 is 5.96. The quantitative estimate of drug-likeness (QED) is 0.599. The highest BCUT2D eigenvalue weighted by Crippen LogP contribution is 2.19. The molecule has 0 aliphatic rings. The average molecular weight is 305 g/mol. The number of nitrogens with zero attached hydrogens (tertiary/aromatic N) is 1. The van der Waals surface area contributed by atoms with E-state index in [4.69, 9.17) is 17.4 Å². The lowest BCUT2D eigenvalue weighted by atomic mass is 10.1. The van der Waals surface area contributed by atoms with Gasteiger partial charge in [-0.15, -0.1) is 0 Å². The summed E-state index contributed by atoms with van der Waals surface area (Å²) in [5.74, 6) is 5.20. The second-order valence-electron chi connectivity index (χ2n) is 4.77. The molecule has 2 rings (SSSR count). The van der Waals surface area contributed by atoms with Gasteiger partial charge in [-0.05, 0) is 37.6 Å². The zero-order valence-corrected chi connectivity index (χ0v) is 12.6. The van der Waals surface area contributed by atoms with Gasteiger partial charge in [-0.25, -0.2) is 0 Å². The summed E-state index contributed by atoms with van der Waals surface area (Å²) in [5, 5.41) is 3.53. The van der Waals surface area contributed by atoms with Gasteiger partial charge in [0.25, 0.3) is 5.91 Å². The van der Waals surface area contributed by atoms with Gasteiger partial charge >= 0.3 is 0 Å². The monoisotopic (exact) mass is 304 g/mol. The Hall–Kier alpha value is -2.11. The van der Waals surface area contributed by atoms with Crippen LogP contribution in [0.3, 0.4) is 0 Å². The number of benzene rings is 1. The second kappa shape index (κ2) is 6.56. The molecule has 5 nitrogen and oxygen atoms in total. The largest absolute Gasteiger partial charge is 0.345 e. The summed E-state index contributed by atoms with van der Waals surface area (Å²) in [6.45, 7) is 3.72. The molecule has 1 amide bonds. The molecule has 110 valence electrons. The molecule has 21 heavy (non-hydrogen) atoms. The second-order valence-corrected chi connectivity index (χ2v) is 5.20. The van der Waals surface area contributed by atoms with Gasteiger partial charge in [0.2, 0.25) is 0 Å². The Labute approximate surface area is 128 Å². The molecule has 4 N–H and O–H groups in total. The first kappa shape index (κ1) is 15.3. The standard InChI is InChI=1S/C15H17ClN4O/c1-9-6-14(20-17)13(8-18-9)15(21)19-10(2)11-4-3-5-12(16)7-11/h3-8,10H,17H2,1-2H3,(H,18,20)(H,19,21). The van der Waals surface area contributed by atoms with Crippen molar-refractivity contribution in [2.75, 3.05) is 5.43 Å². The van der Waals surface area contributed by atoms with Crippen molar-refractivity contribution in [3.05, 3.63) is 58.4 Å². The van der Waals surface area contributed by atoms with Gasteiger partial charge in [-0.1, -0.05) is 23.7 Å². The first-order valence-electron chi connectivity index (χ1n) is 6.51. The molecule has 0 bridgehead atoms. The Kier molecular flexibility index (Phi) is 4.77. The molecule has 0 saturated heterocycles. The number of nitrogens with two attached hydrogens (primary N) is 1. The number of hydrazine groups is 1. The lowest BCUT2D eigenvalue weighted by molar-refractivity contribution is 0.0940. The number of nitrogen functional groups attached to an aromatic ring is 1. The highest BCUT2D eigenvalue weighted by molar-refractivity contribution is 6.30. The van der Waals surface area contributed by atoms with Crippen molar-refractivity contribution in [2.45, 2.75) is 19.9 Å². The van der Waals surface area contributed by atoms with Gasteiger partial charge < -0.3 is 10.7 Å². The number of amides is 1. The third-order valence-corrected chi connectivity index (χ3v) is 3.37. The van der Waals surface area contributed by atoms with Crippen molar-refractivity contribution in [3.63, 3.8) is 0 Å². The summed E-state index contributed by atoms with van der Waals surface area (Å²) < 4.78 is 0. The van der Waals surface area contributed by atoms with Crippen molar-refractivity contribution < 1.29 is 4.79 Å². The number of pyridine rings is 1. The van der Waals surface area contributed by atoms with Crippen LogP contribution in [0.15, 0.2) is 36.5 Å². The van der Waals surface area contributed by atoms with Gasteiger partial charge in [0.15, 0.2) is 0 Å². The minimum absolute atomic E-state index is 0.178. The van der Waals surface area contributed by atoms with Crippen LogP contribution in [0.2, 0.25) is 5.02 Å². The maximum absolute atomic E-state index is 12.3. The maximum atomic E-state index is 12.3. The van der Waals surface area contributed by atoms with Gasteiger partial charge in [0, 0.05) is 16.9 Å². The molecular formula is C15H17ClN4O. The molecule has 1 atom stereocenters. The molecule has 2 aromatic rings. The molecule has 0 aliphatic carbocycles. The SMILES string of the molecule is Cc1cc(NN)c(C(=O)NC(C)c2cccc(Cl)c2)cn1. The van der Waals surface area contributed by atoms with Crippen molar-refractivity contribution in [1.29, 1.82) is 0 Å². The lowest BCUT2D eigenvalue weighted by Gasteiger charge is -2.16. The van der Waals surface area contributed by atoms with E-state index in [9.17, 15) is 4.79 Å². The van der Waals surface area contributed by atoms with Crippen LogP contribution in [0.1, 0.15) is 34.6 Å². The topological polar surface area (TPSA) is 80.0 Å². The number of rotatable bonds is 4. The summed E-state index contributed by atoms with van der Waals surface area (Å²) in [6.07, 6.45) is 1.50. The van der Waals surface area contributed by atoms with Crippen LogP contribution >= 0.6 is 11.6 Å². The number of carbonyl (C=O) groups is 1. The van der Waals surface area contributed by atoms with Crippen molar-refractivity contribution in [2.24, 2.45) is 5.84 Å². The fraction of sp³-hybridized carbons (Fsp3) is 0.200. The molecule has 6 heteroatoms. The Morgan fingerprint density at radius 3 is 2.81 bits per heavy atom. The molecule has 1 aromatic carbocycles. The minimum Gasteiger partial charge on any atom is -0.345 e. The van der Waals surface area contributed by atoms with Crippen LogP contribution in [-0.4, -0.2) is 10.9 Å². The van der Waals surface area contributed by atoms with E-state index in [1.807, 2.05) is 32.0 Å². The number of carbonyl (C=O) groups excluding carboxylic acids is 1. The van der Waals surface area contributed by atoms with Gasteiger partial charge in [0.05, 0.1) is 17.3 Å². The predicted molar refractivity (Wildman–Crippen MR) is 84.1 cm³/mol. The highest BCUT2D eigenvalue weighted by atomic mass is 35.5. The molecule has 0 fully saturated rings. The Morgan fingerprint density at radius 1 is 1.38 bits per heavy atom. The summed E-state index contributed by atoms with van der Waals surface area (Å²) in [6, 6.07) is 8.91. The van der Waals surface area contributed by atoms with E-state index in [1.165, 1.54) is 6.20 Å². The van der Waals surface area contributed by atoms with Crippen LogP contribution in [0.5, 0.6) is 0 Å². The number of anilines is 1. The smallest absolute Gasteiger partial charge is 0.255 e. The van der Waals surface area contributed by atoms with Crippen molar-refractivity contribution in [1.82, 2.24) is 10.3 Å². The van der Waals surface area contributed by atoms with E-state index in [-0.39, 0.29) is 11.9 Å². The van der Waals surface area contributed by atoms with E-state index in [1.54, 1.807) is 12.1 Å². The molecule has 1 heterocycles. The Balaban J connectivity index is 2.18. The molecule has 1 unspecified atom stereocenters. The fourth-order valence-electron chi connectivity index (χ4n) is 1.99. The number of halogens is 1. The third kappa shape index (κ3) is 3.71. The maximum Gasteiger partial charge on any atom is 0.255 e. The van der Waals surface area contributed by atoms with E-state index < -0.39 is 0 Å². The number of aromatic nitrogens is 1. The van der Waals surface area contributed by atoms with Crippen LogP contribution in [-0.2, 0) is 0 Å². The van der Waals surface area contributed by atoms with E-state index >= 15 is 0 Å². The fourth-order valence-corrected chi connectivity index (χ4v) is 2.19. The van der Waals surface area contributed by atoms with Crippen molar-refractivity contribution in [3.8, 4) is 0 Å². The number of hydrogen-bond donors (Lipinski definition) is 3. The van der Waals surface area contributed by atoms with Crippen molar-refractivity contribution >= 4 is 23.2 Å². The van der Waals surface area contributed by atoms with E-state index in [0.29, 0.717) is 16.3 Å². The molecule has 0 radical (unpaired) electrons. The molecular weight excluding hydrogens is 288 g/mol. The number of hydrogen-bond acceptors (Lipinski definition) is 4. The minimum atomic E-state index is -0.247. The van der Waals surface area contributed by atoms with E-state index in [2.05, 4.69) is 15.7 Å². The first-order valence-corrected chi connectivity index (χ1v) is 6.88. The van der Waals surface area contributed by atoms with Gasteiger partial charge in [-0.3, -0.25) is 15.6 Å². The highest BCUT2D eigenvalue weighted by Gasteiger charge is 2.15. The van der Waals surface area contributed by atoms with Crippen LogP contribution in [0.4, 0.5) is 5.69 Å². The summed E-state index contributed by atoms with van der Waals surface area (Å²) in [5.41, 5.74) is 5.17. The van der Waals surface area contributed by atoms with Gasteiger partial charge in [-0.2, -0.15) is 0 Å². The first-order chi connectivity index (χ1) is 10.0. The molecule has 0 saturated carbocycles. The Bertz CT molecular complexity index is 660. The summed E-state index contributed by atoms with van der Waals surface area (Å²) in [7, 11) is 0. The van der Waals surface area contributed by atoms with E-state index in [0.717, 1.165) is 11.3 Å². The molecule has 0 aliphatic heterocycles. The predicted octanol–water partition coefficient (Wildman–Crippen LogP) is 2.82. The zero-order valence-electron chi connectivity index (χ0n) is 11.9. The average Bonchev–Trinajstić information content (AvgIpc) is 2.46. The van der Waals surface area contributed by atoms with Gasteiger partial charge in [0.1, 0.15) is 0 Å².